The summed E-state index contributed by atoms with van der Waals surface area (Å²) in [5, 5.41) is 34.0. The van der Waals surface area contributed by atoms with E-state index >= 15 is 0 Å². The Kier molecular flexibility index (Phi) is 35.7. The molecule has 0 aliphatic carbocycles. The molecule has 0 heterocycles. The summed E-state index contributed by atoms with van der Waals surface area (Å²) in [4.78, 5) is 17.9. The molecule has 0 aromatic rings. The Morgan fingerprint density at radius 3 is 1.57 bits per heavy atom. The van der Waals surface area contributed by atoms with Gasteiger partial charge in [0.25, 0.3) is 5.97 Å². The van der Waals surface area contributed by atoms with Gasteiger partial charge in [-0.15, -0.1) is 0 Å². The molecule has 1 atom stereocenters. The Labute approximate surface area is 162 Å². The third kappa shape index (κ3) is 61.3. The molecular formula is C16H33NaO6. The SMILES string of the molecule is CC(=O)O.CC(=O)[O-].CCCCCCCCCCC(O)CO.[Na+]. The zero-order valence-corrected chi connectivity index (χ0v) is 17.2. The molecule has 0 aromatic heterocycles. The molecule has 0 saturated heterocycles. The number of aliphatic hydroxyl groups is 2. The van der Waals surface area contributed by atoms with Crippen LogP contribution in [0.4, 0.5) is 0 Å². The number of unbranched alkanes of at least 4 members (excludes halogenated alkanes) is 7. The van der Waals surface area contributed by atoms with Gasteiger partial charge in [0.05, 0.1) is 12.7 Å². The van der Waals surface area contributed by atoms with Crippen molar-refractivity contribution in [2.45, 2.75) is 84.7 Å². The van der Waals surface area contributed by atoms with Crippen LogP contribution in [0.5, 0.6) is 0 Å². The van der Waals surface area contributed by atoms with Crippen LogP contribution in [-0.4, -0.2) is 40.0 Å². The predicted molar refractivity (Wildman–Crippen MR) is 84.3 cm³/mol. The first-order valence-electron chi connectivity index (χ1n) is 7.93. The van der Waals surface area contributed by atoms with Gasteiger partial charge in [0, 0.05) is 12.9 Å². The van der Waals surface area contributed by atoms with Gasteiger partial charge in [0.1, 0.15) is 0 Å². The first-order valence-corrected chi connectivity index (χ1v) is 7.93. The van der Waals surface area contributed by atoms with Crippen molar-refractivity contribution < 1.29 is 59.6 Å². The van der Waals surface area contributed by atoms with Crippen molar-refractivity contribution >= 4 is 11.9 Å². The minimum absolute atomic E-state index is 0. The number of aliphatic carboxylic acids is 2. The first-order chi connectivity index (χ1) is 10.3. The van der Waals surface area contributed by atoms with Gasteiger partial charge >= 0.3 is 29.6 Å². The summed E-state index contributed by atoms with van der Waals surface area (Å²) in [6.07, 6.45) is 10.5. The van der Waals surface area contributed by atoms with Crippen molar-refractivity contribution in [1.82, 2.24) is 0 Å². The maximum Gasteiger partial charge on any atom is 1.00 e. The molecule has 6 nitrogen and oxygen atoms in total. The van der Waals surface area contributed by atoms with E-state index in [-0.39, 0.29) is 36.2 Å². The molecular weight excluding hydrogens is 311 g/mol. The van der Waals surface area contributed by atoms with Gasteiger partial charge in [-0.2, -0.15) is 0 Å². The van der Waals surface area contributed by atoms with Crippen LogP contribution >= 0.6 is 0 Å². The van der Waals surface area contributed by atoms with E-state index in [1.807, 2.05) is 0 Å². The summed E-state index contributed by atoms with van der Waals surface area (Å²) in [7, 11) is 0. The summed E-state index contributed by atoms with van der Waals surface area (Å²) in [6.45, 7) is 4.20. The van der Waals surface area contributed by atoms with E-state index in [4.69, 9.17) is 30.0 Å². The second-order valence-electron chi connectivity index (χ2n) is 5.11. The molecule has 3 N–H and O–H groups in total. The van der Waals surface area contributed by atoms with E-state index in [0.29, 0.717) is 0 Å². The molecule has 0 saturated carbocycles. The van der Waals surface area contributed by atoms with Gasteiger partial charge in [-0.3, -0.25) is 4.79 Å². The Balaban J connectivity index is -0.000000167. The molecule has 0 fully saturated rings. The number of aliphatic hydroxyl groups excluding tert-OH is 2. The van der Waals surface area contributed by atoms with Gasteiger partial charge < -0.3 is 25.2 Å². The zero-order valence-electron chi connectivity index (χ0n) is 15.2. The second kappa shape index (κ2) is 26.7. The minimum atomic E-state index is -1.08. The molecule has 7 heteroatoms. The minimum Gasteiger partial charge on any atom is -0.550 e. The fraction of sp³-hybridized carbons (Fsp3) is 0.875. The van der Waals surface area contributed by atoms with Gasteiger partial charge in [-0.25, -0.2) is 0 Å². The Morgan fingerprint density at radius 1 is 0.957 bits per heavy atom. The predicted octanol–water partition coefficient (Wildman–Crippen LogP) is -1.28. The Bertz CT molecular complexity index is 229. The van der Waals surface area contributed by atoms with E-state index in [1.165, 1.54) is 44.9 Å². The van der Waals surface area contributed by atoms with Crippen LogP contribution in [0.15, 0.2) is 0 Å². The van der Waals surface area contributed by atoms with Crippen molar-refractivity contribution in [3.8, 4) is 0 Å². The molecule has 0 aliphatic rings. The monoisotopic (exact) mass is 344 g/mol. The van der Waals surface area contributed by atoms with Crippen molar-refractivity contribution in [2.24, 2.45) is 0 Å². The van der Waals surface area contributed by atoms with E-state index in [2.05, 4.69) is 6.92 Å². The van der Waals surface area contributed by atoms with Crippen molar-refractivity contribution in [2.75, 3.05) is 6.61 Å². The van der Waals surface area contributed by atoms with Crippen LogP contribution in [0, 0.1) is 0 Å². The van der Waals surface area contributed by atoms with Crippen LogP contribution in [0.2, 0.25) is 0 Å². The number of carbonyl (C=O) groups excluding carboxylic acids is 1. The van der Waals surface area contributed by atoms with Crippen molar-refractivity contribution in [1.29, 1.82) is 0 Å². The van der Waals surface area contributed by atoms with E-state index in [1.54, 1.807) is 0 Å². The average Bonchev–Trinajstić information content (AvgIpc) is 2.40. The first kappa shape index (κ1) is 30.7. The number of hydrogen-bond acceptors (Lipinski definition) is 5. The summed E-state index contributed by atoms with van der Waals surface area (Å²) in [5.41, 5.74) is 0. The van der Waals surface area contributed by atoms with Gasteiger partial charge in [-0.05, 0) is 13.3 Å². The molecule has 23 heavy (non-hydrogen) atoms. The van der Waals surface area contributed by atoms with E-state index in [9.17, 15) is 0 Å². The Morgan fingerprint density at radius 2 is 1.26 bits per heavy atom. The largest absolute Gasteiger partial charge is 1.00 e. The smallest absolute Gasteiger partial charge is 0.550 e. The number of carbonyl (C=O) groups is 2. The molecule has 0 amide bonds. The molecule has 0 bridgehead atoms. The molecule has 1 unspecified atom stereocenters. The fourth-order valence-electron chi connectivity index (χ4n) is 1.61. The second-order valence-corrected chi connectivity index (χ2v) is 5.11. The topological polar surface area (TPSA) is 118 Å². The molecule has 0 aromatic carbocycles. The van der Waals surface area contributed by atoms with Crippen molar-refractivity contribution in [3.05, 3.63) is 0 Å². The average molecular weight is 344 g/mol. The summed E-state index contributed by atoms with van der Waals surface area (Å²) < 4.78 is 0. The van der Waals surface area contributed by atoms with Crippen LogP contribution in [0.1, 0.15) is 78.6 Å². The summed E-state index contributed by atoms with van der Waals surface area (Å²) in [6, 6.07) is 0. The van der Waals surface area contributed by atoms with E-state index in [0.717, 1.165) is 26.7 Å². The molecule has 0 spiro atoms. The number of carboxylic acid groups (broad SMARTS) is 2. The fourth-order valence-corrected chi connectivity index (χ4v) is 1.61. The van der Waals surface area contributed by atoms with Crippen molar-refractivity contribution in [3.63, 3.8) is 0 Å². The van der Waals surface area contributed by atoms with Crippen LogP contribution < -0.4 is 34.7 Å². The van der Waals surface area contributed by atoms with Crippen LogP contribution in [-0.2, 0) is 9.59 Å². The van der Waals surface area contributed by atoms with Crippen LogP contribution in [0.25, 0.3) is 0 Å². The van der Waals surface area contributed by atoms with E-state index < -0.39 is 18.0 Å². The molecule has 0 rings (SSSR count). The normalized spacial score (nSPS) is 10.1. The molecule has 134 valence electrons. The standard InChI is InChI=1S/C12H26O2.2C2H4O2.Na/c1-2-3-4-5-6-7-8-9-10-12(14)11-13;2*1-2(3)4;/h12-14H,2-11H2,1H3;2*1H3,(H,3,4);/q;;;+1/p-1. The maximum absolute atomic E-state index is 9.08. The molecule has 0 aliphatic heterocycles. The summed E-state index contributed by atoms with van der Waals surface area (Å²) in [5.74, 6) is -1.92. The Hall–Kier alpha value is -0.140. The number of rotatable bonds is 10. The third-order valence-electron chi connectivity index (χ3n) is 2.60. The van der Waals surface area contributed by atoms with Gasteiger partial charge in [-0.1, -0.05) is 58.3 Å². The number of carboxylic acids is 2. The van der Waals surface area contributed by atoms with Crippen LogP contribution in [0.3, 0.4) is 0 Å². The summed E-state index contributed by atoms with van der Waals surface area (Å²) >= 11 is 0. The maximum atomic E-state index is 9.08. The van der Waals surface area contributed by atoms with Gasteiger partial charge in [0.2, 0.25) is 0 Å². The third-order valence-corrected chi connectivity index (χ3v) is 2.60. The van der Waals surface area contributed by atoms with Gasteiger partial charge in [0.15, 0.2) is 0 Å². The molecule has 0 radical (unpaired) electrons. The quantitative estimate of drug-likeness (QED) is 0.336. The number of hydrogen-bond donors (Lipinski definition) is 3. The zero-order chi connectivity index (χ0) is 17.8.